The molecule has 0 aromatic heterocycles. The molecule has 3 nitrogen and oxygen atoms in total. The highest BCUT2D eigenvalue weighted by Crippen LogP contribution is 2.18. The zero-order valence-electron chi connectivity index (χ0n) is 7.87. The van der Waals surface area contributed by atoms with Gasteiger partial charge in [-0.15, -0.1) is 0 Å². The second-order valence-electron chi connectivity index (χ2n) is 3.05. The topological polar surface area (TPSA) is 27.7 Å². The molecule has 1 heterocycles. The largest absolute Gasteiger partial charge is 0.495 e. The quantitative estimate of drug-likeness (QED) is 0.606. The molecular formula is C9H16O3. The SMILES string of the molecule is COCO[C@@H]1C=C(C)O[C@H](C)C1. The lowest BCUT2D eigenvalue weighted by atomic mass is 10.1. The minimum absolute atomic E-state index is 0.147. The predicted molar refractivity (Wildman–Crippen MR) is 45.7 cm³/mol. The highest BCUT2D eigenvalue weighted by Gasteiger charge is 2.18. The van der Waals surface area contributed by atoms with Crippen LogP contribution in [0.5, 0.6) is 0 Å². The van der Waals surface area contributed by atoms with Gasteiger partial charge in [0.2, 0.25) is 0 Å². The summed E-state index contributed by atoms with van der Waals surface area (Å²) in [6.07, 6.45) is 3.28. The van der Waals surface area contributed by atoms with Crippen molar-refractivity contribution < 1.29 is 14.2 Å². The van der Waals surface area contributed by atoms with Gasteiger partial charge in [0, 0.05) is 13.5 Å². The number of methoxy groups -OCH3 is 1. The van der Waals surface area contributed by atoms with E-state index in [1.165, 1.54) is 0 Å². The molecule has 1 aliphatic heterocycles. The van der Waals surface area contributed by atoms with Crippen LogP contribution in [0.15, 0.2) is 11.8 Å². The van der Waals surface area contributed by atoms with Gasteiger partial charge in [-0.3, -0.25) is 0 Å². The minimum atomic E-state index is 0.147. The third kappa shape index (κ3) is 2.83. The molecule has 0 fully saturated rings. The van der Waals surface area contributed by atoms with Crippen molar-refractivity contribution in [1.82, 2.24) is 0 Å². The molecule has 0 aromatic rings. The van der Waals surface area contributed by atoms with Gasteiger partial charge in [0.05, 0.1) is 18.0 Å². The molecule has 0 aromatic carbocycles. The molecule has 0 saturated heterocycles. The molecule has 3 heteroatoms. The number of hydrogen-bond acceptors (Lipinski definition) is 3. The standard InChI is InChI=1S/C9H16O3/c1-7-4-9(11-6-10-3)5-8(2)12-7/h4,8-9H,5-6H2,1-3H3/t8-,9-/m1/s1. The first-order chi connectivity index (χ1) is 5.72. The number of rotatable bonds is 3. The molecule has 1 aliphatic rings. The van der Waals surface area contributed by atoms with Crippen molar-refractivity contribution in [2.45, 2.75) is 32.5 Å². The lowest BCUT2D eigenvalue weighted by Gasteiger charge is -2.25. The van der Waals surface area contributed by atoms with E-state index in [0.29, 0.717) is 6.79 Å². The molecule has 70 valence electrons. The summed E-state index contributed by atoms with van der Waals surface area (Å²) in [4.78, 5) is 0. The Morgan fingerprint density at radius 3 is 3.00 bits per heavy atom. The highest BCUT2D eigenvalue weighted by atomic mass is 16.7. The fourth-order valence-electron chi connectivity index (χ4n) is 1.33. The maximum absolute atomic E-state index is 5.44. The van der Waals surface area contributed by atoms with Gasteiger partial charge in [-0.1, -0.05) is 0 Å². The van der Waals surface area contributed by atoms with Crippen molar-refractivity contribution in [2.24, 2.45) is 0 Å². The van der Waals surface area contributed by atoms with Gasteiger partial charge >= 0.3 is 0 Å². The summed E-state index contributed by atoms with van der Waals surface area (Å²) in [5.41, 5.74) is 0. The van der Waals surface area contributed by atoms with Crippen LogP contribution in [0.4, 0.5) is 0 Å². The molecule has 0 unspecified atom stereocenters. The lowest BCUT2D eigenvalue weighted by molar-refractivity contribution is -0.0764. The molecule has 0 radical (unpaired) electrons. The fraction of sp³-hybridized carbons (Fsp3) is 0.778. The monoisotopic (exact) mass is 172 g/mol. The van der Waals surface area contributed by atoms with Crippen LogP contribution >= 0.6 is 0 Å². The van der Waals surface area contributed by atoms with E-state index in [1.807, 2.05) is 19.9 Å². The molecule has 2 atom stereocenters. The smallest absolute Gasteiger partial charge is 0.147 e. The van der Waals surface area contributed by atoms with Gasteiger partial charge in [0.1, 0.15) is 6.79 Å². The summed E-state index contributed by atoms with van der Waals surface area (Å²) in [7, 11) is 1.62. The van der Waals surface area contributed by atoms with E-state index in [9.17, 15) is 0 Å². The maximum Gasteiger partial charge on any atom is 0.147 e. The average Bonchev–Trinajstić information content (AvgIpc) is 1.99. The van der Waals surface area contributed by atoms with E-state index < -0.39 is 0 Å². The summed E-state index contributed by atoms with van der Waals surface area (Å²) >= 11 is 0. The van der Waals surface area contributed by atoms with E-state index in [-0.39, 0.29) is 12.2 Å². The zero-order valence-corrected chi connectivity index (χ0v) is 7.87. The first kappa shape index (κ1) is 9.55. The van der Waals surface area contributed by atoms with Crippen LogP contribution < -0.4 is 0 Å². The van der Waals surface area contributed by atoms with Crippen LogP contribution in [0.25, 0.3) is 0 Å². The van der Waals surface area contributed by atoms with E-state index >= 15 is 0 Å². The Morgan fingerprint density at radius 2 is 2.42 bits per heavy atom. The highest BCUT2D eigenvalue weighted by molar-refractivity contribution is 4.99. The fourth-order valence-corrected chi connectivity index (χ4v) is 1.33. The van der Waals surface area contributed by atoms with Gasteiger partial charge in [-0.2, -0.15) is 0 Å². The molecule has 0 saturated carbocycles. The van der Waals surface area contributed by atoms with Crippen LogP contribution in [0.1, 0.15) is 20.3 Å². The Kier molecular flexibility index (Phi) is 3.56. The second kappa shape index (κ2) is 4.48. The van der Waals surface area contributed by atoms with E-state index in [1.54, 1.807) is 7.11 Å². The van der Waals surface area contributed by atoms with Crippen molar-refractivity contribution in [3.63, 3.8) is 0 Å². The Labute approximate surface area is 73.3 Å². The Bertz CT molecular complexity index is 165. The van der Waals surface area contributed by atoms with Gasteiger partial charge < -0.3 is 14.2 Å². The normalized spacial score (nSPS) is 29.4. The molecule has 0 amide bonds. The van der Waals surface area contributed by atoms with E-state index in [4.69, 9.17) is 14.2 Å². The molecule has 1 rings (SSSR count). The van der Waals surface area contributed by atoms with E-state index in [2.05, 4.69) is 0 Å². The Balaban J connectivity index is 2.38. The van der Waals surface area contributed by atoms with Crippen LogP contribution in [0, 0.1) is 0 Å². The van der Waals surface area contributed by atoms with Crippen LogP contribution in [0.2, 0.25) is 0 Å². The van der Waals surface area contributed by atoms with Crippen molar-refractivity contribution in [2.75, 3.05) is 13.9 Å². The molecule has 0 N–H and O–H groups in total. The Morgan fingerprint density at radius 1 is 1.67 bits per heavy atom. The first-order valence-electron chi connectivity index (χ1n) is 4.18. The lowest BCUT2D eigenvalue weighted by Crippen LogP contribution is -2.24. The summed E-state index contributed by atoms with van der Waals surface area (Å²) < 4.78 is 15.7. The molecule has 0 aliphatic carbocycles. The molecular weight excluding hydrogens is 156 g/mol. The Hall–Kier alpha value is -0.540. The number of ether oxygens (including phenoxy) is 3. The summed E-state index contributed by atoms with van der Waals surface area (Å²) in [5.74, 6) is 0.940. The van der Waals surface area contributed by atoms with Crippen molar-refractivity contribution >= 4 is 0 Å². The molecule has 12 heavy (non-hydrogen) atoms. The summed E-state index contributed by atoms with van der Waals surface area (Å²) in [5, 5.41) is 0. The van der Waals surface area contributed by atoms with Crippen molar-refractivity contribution in [3.8, 4) is 0 Å². The average molecular weight is 172 g/mol. The second-order valence-corrected chi connectivity index (χ2v) is 3.05. The molecule has 0 bridgehead atoms. The van der Waals surface area contributed by atoms with Crippen molar-refractivity contribution in [1.29, 1.82) is 0 Å². The van der Waals surface area contributed by atoms with Crippen LogP contribution in [-0.2, 0) is 14.2 Å². The number of hydrogen-bond donors (Lipinski definition) is 0. The first-order valence-corrected chi connectivity index (χ1v) is 4.18. The summed E-state index contributed by atoms with van der Waals surface area (Å²) in [6.45, 7) is 4.33. The third-order valence-electron chi connectivity index (χ3n) is 1.77. The van der Waals surface area contributed by atoms with E-state index in [0.717, 1.165) is 12.2 Å². The van der Waals surface area contributed by atoms with Gasteiger partial charge in [-0.25, -0.2) is 0 Å². The van der Waals surface area contributed by atoms with Crippen molar-refractivity contribution in [3.05, 3.63) is 11.8 Å². The summed E-state index contributed by atoms with van der Waals surface area (Å²) in [6, 6.07) is 0. The van der Waals surface area contributed by atoms with Gasteiger partial charge in [0.25, 0.3) is 0 Å². The van der Waals surface area contributed by atoms with Gasteiger partial charge in [0.15, 0.2) is 0 Å². The van der Waals surface area contributed by atoms with Gasteiger partial charge in [-0.05, 0) is 19.9 Å². The molecule has 0 spiro atoms. The number of allylic oxidation sites excluding steroid dienone is 1. The minimum Gasteiger partial charge on any atom is -0.495 e. The van der Waals surface area contributed by atoms with Crippen LogP contribution in [-0.4, -0.2) is 26.1 Å². The predicted octanol–water partition coefficient (Wildman–Crippen LogP) is 1.69. The zero-order chi connectivity index (χ0) is 8.97. The van der Waals surface area contributed by atoms with Crippen LogP contribution in [0.3, 0.4) is 0 Å². The third-order valence-corrected chi connectivity index (χ3v) is 1.77. The maximum atomic E-state index is 5.44.